The first-order valence-electron chi connectivity index (χ1n) is 11.9. The molecule has 2 rings (SSSR count). The van der Waals surface area contributed by atoms with Crippen molar-refractivity contribution in [2.75, 3.05) is 0 Å². The molecule has 0 saturated heterocycles. The fourth-order valence-corrected chi connectivity index (χ4v) is 6.57. The minimum absolute atomic E-state index is 0.405. The van der Waals surface area contributed by atoms with Gasteiger partial charge in [-0.1, -0.05) is 30.7 Å². The Morgan fingerprint density at radius 1 is 1.26 bits per heavy atom. The van der Waals surface area contributed by atoms with E-state index in [-0.39, 0.29) is 0 Å². The average molecular weight is 526 g/mol. The molecule has 1 aromatic rings. The summed E-state index contributed by atoms with van der Waals surface area (Å²) in [5, 5.41) is 23.3. The van der Waals surface area contributed by atoms with Crippen molar-refractivity contribution in [1.29, 1.82) is 0 Å². The minimum atomic E-state index is -4.01. The lowest BCUT2D eigenvalue weighted by Crippen LogP contribution is -2.52. The number of carbonyl (C=O) groups is 1. The number of allylic oxidation sites excluding steroid dienone is 2. The second kappa shape index (κ2) is 12.0. The van der Waals surface area contributed by atoms with E-state index in [1.807, 2.05) is 50.5 Å². The lowest BCUT2D eigenvalue weighted by molar-refractivity contribution is -0.149. The van der Waals surface area contributed by atoms with E-state index >= 15 is 0 Å². The first-order valence-corrected chi connectivity index (χ1v) is 14.3. The van der Waals surface area contributed by atoms with Gasteiger partial charge in [-0.3, -0.25) is 4.79 Å². The average Bonchev–Trinajstić information content (AvgIpc) is 3.18. The van der Waals surface area contributed by atoms with E-state index in [1.54, 1.807) is 6.92 Å². The highest BCUT2D eigenvalue weighted by molar-refractivity contribution is 7.93. The van der Waals surface area contributed by atoms with Gasteiger partial charge in [0.05, 0.1) is 39.3 Å². The number of hydrogen-bond acceptors (Lipinski definition) is 8. The molecule has 0 saturated carbocycles. The molecular weight excluding hydrogens is 486 g/mol. The molecule has 35 heavy (non-hydrogen) atoms. The molecule has 2 N–H and O–H groups in total. The van der Waals surface area contributed by atoms with E-state index in [1.165, 1.54) is 32.1 Å². The summed E-state index contributed by atoms with van der Waals surface area (Å²) in [7, 11) is -4.01. The highest BCUT2D eigenvalue weighted by Crippen LogP contribution is 2.31. The van der Waals surface area contributed by atoms with Crippen molar-refractivity contribution >= 4 is 33.2 Å². The van der Waals surface area contributed by atoms with Crippen molar-refractivity contribution in [2.45, 2.75) is 96.0 Å². The van der Waals surface area contributed by atoms with Gasteiger partial charge in [0, 0.05) is 17.7 Å². The molecule has 0 aromatic carbocycles. The van der Waals surface area contributed by atoms with Crippen molar-refractivity contribution in [2.24, 2.45) is 5.92 Å². The molecule has 0 unspecified atom stereocenters. The normalized spacial score (nSPS) is 31.0. The third-order valence-electron chi connectivity index (χ3n) is 6.76. The number of hydrogen-bond donors (Lipinski definition) is 2. The number of rotatable bonds is 2. The third kappa shape index (κ3) is 7.35. The topological polar surface area (TPSA) is 114 Å². The van der Waals surface area contributed by atoms with Crippen LogP contribution in [-0.2, 0) is 19.4 Å². The largest absolute Gasteiger partial charge is 0.457 e. The van der Waals surface area contributed by atoms with Crippen LogP contribution in [0.15, 0.2) is 34.8 Å². The molecule has 0 aliphatic carbocycles. The quantitative estimate of drug-likeness (QED) is 0.435. The van der Waals surface area contributed by atoms with Crippen LogP contribution in [0.3, 0.4) is 0 Å². The summed E-state index contributed by atoms with van der Waals surface area (Å²) in [5.74, 6) is -1.09. The van der Waals surface area contributed by atoms with Crippen LogP contribution in [0, 0.1) is 12.8 Å². The Morgan fingerprint density at radius 3 is 2.51 bits per heavy atom. The molecule has 1 aliphatic heterocycles. The minimum Gasteiger partial charge on any atom is -0.457 e. The number of esters is 1. The number of sulfone groups is 1. The van der Waals surface area contributed by atoms with Crippen LogP contribution in [0.2, 0.25) is 0 Å². The summed E-state index contributed by atoms with van der Waals surface area (Å²) in [6, 6.07) is 0. The Bertz CT molecular complexity index is 1080. The summed E-state index contributed by atoms with van der Waals surface area (Å²) >= 11 is 1.53. The number of aromatic nitrogens is 1. The van der Waals surface area contributed by atoms with Crippen molar-refractivity contribution in [1.82, 2.24) is 4.98 Å². The van der Waals surface area contributed by atoms with Crippen LogP contribution in [0.4, 0.5) is 0 Å². The fraction of sp³-hybridized carbons (Fsp3) is 0.615. The summed E-state index contributed by atoms with van der Waals surface area (Å²) < 4.78 is 30.7. The van der Waals surface area contributed by atoms with Gasteiger partial charge >= 0.3 is 5.97 Å². The molecule has 7 nitrogen and oxygen atoms in total. The number of aryl methyl sites for hydroxylation is 1. The van der Waals surface area contributed by atoms with Crippen LogP contribution in [0.5, 0.6) is 0 Å². The SMILES string of the molecule is CC1=CC[C@@H](C(C)=Cc2csc(C)n2)OC(=O)C[C@@H](O)C(C)(C)S(=O)(=O)[C@H](C)[C@@H](O)[C@@H](C)C=CC1. The van der Waals surface area contributed by atoms with E-state index in [9.17, 15) is 23.4 Å². The van der Waals surface area contributed by atoms with Crippen LogP contribution < -0.4 is 0 Å². The number of carbonyl (C=O) groups excluding carboxylic acids is 1. The Labute approximate surface area is 213 Å². The maximum absolute atomic E-state index is 13.3. The smallest absolute Gasteiger partial charge is 0.309 e. The van der Waals surface area contributed by atoms with Gasteiger partial charge in [0.1, 0.15) is 6.10 Å². The number of ether oxygens (including phenoxy) is 1. The van der Waals surface area contributed by atoms with E-state index in [0.29, 0.717) is 12.8 Å². The lowest BCUT2D eigenvalue weighted by Gasteiger charge is -2.35. The molecule has 0 spiro atoms. The van der Waals surface area contributed by atoms with E-state index < -0.39 is 56.5 Å². The molecule has 5 atom stereocenters. The molecule has 196 valence electrons. The summed E-state index contributed by atoms with van der Waals surface area (Å²) in [4.78, 5) is 17.3. The molecule has 1 aromatic heterocycles. The van der Waals surface area contributed by atoms with E-state index in [2.05, 4.69) is 4.98 Å². The first kappa shape index (κ1) is 29.4. The van der Waals surface area contributed by atoms with Crippen LogP contribution >= 0.6 is 11.3 Å². The highest BCUT2D eigenvalue weighted by atomic mass is 32.2. The highest BCUT2D eigenvalue weighted by Gasteiger charge is 2.47. The van der Waals surface area contributed by atoms with Crippen molar-refractivity contribution < 1.29 is 28.2 Å². The van der Waals surface area contributed by atoms with Gasteiger partial charge in [-0.15, -0.1) is 11.3 Å². The Hall–Kier alpha value is -1.81. The van der Waals surface area contributed by atoms with E-state index in [4.69, 9.17) is 4.74 Å². The van der Waals surface area contributed by atoms with Gasteiger partial charge in [0.2, 0.25) is 0 Å². The number of nitrogens with zero attached hydrogens (tertiary/aromatic N) is 1. The van der Waals surface area contributed by atoms with Gasteiger partial charge in [0.15, 0.2) is 9.84 Å². The number of aliphatic hydroxyl groups is 2. The summed E-state index contributed by atoms with van der Waals surface area (Å²) in [5.41, 5.74) is 2.64. The molecular formula is C26H39NO6S2. The zero-order valence-corrected chi connectivity index (χ0v) is 23.3. The van der Waals surface area contributed by atoms with Gasteiger partial charge in [-0.05, 0) is 59.6 Å². The second-order valence-electron chi connectivity index (χ2n) is 10.00. The lowest BCUT2D eigenvalue weighted by atomic mass is 10.00. The standard InChI is InChI=1S/C26H39NO6S2/c1-16-9-8-10-17(2)25(30)19(4)35(31,32)26(6,7)23(28)14-24(29)33-22(12-11-16)18(3)13-21-15-34-20(5)27-21/h8,10-11,13,15,17,19,22-23,25,28,30H,9,12,14H2,1-7H3/t17-,19+,22-,23+,25-/m0/s1. The summed E-state index contributed by atoms with van der Waals surface area (Å²) in [6.45, 7) is 11.7. The maximum atomic E-state index is 13.3. The fourth-order valence-electron chi connectivity index (χ4n) is 3.96. The summed E-state index contributed by atoms with van der Waals surface area (Å²) in [6.07, 6.45) is 4.94. The van der Waals surface area contributed by atoms with Crippen LogP contribution in [-0.4, -0.2) is 57.9 Å². The predicted molar refractivity (Wildman–Crippen MR) is 141 cm³/mol. The molecule has 0 amide bonds. The van der Waals surface area contributed by atoms with Crippen molar-refractivity contribution in [3.63, 3.8) is 0 Å². The van der Waals surface area contributed by atoms with E-state index in [0.717, 1.165) is 21.8 Å². The molecule has 2 heterocycles. The number of cyclic esters (lactones) is 1. The van der Waals surface area contributed by atoms with Gasteiger partial charge < -0.3 is 14.9 Å². The van der Waals surface area contributed by atoms with Crippen LogP contribution in [0.1, 0.15) is 71.5 Å². The zero-order chi connectivity index (χ0) is 26.6. The Kier molecular flexibility index (Phi) is 10.0. The van der Waals surface area contributed by atoms with Gasteiger partial charge in [-0.25, -0.2) is 13.4 Å². The molecule has 1 aliphatic rings. The van der Waals surface area contributed by atoms with Crippen LogP contribution in [0.25, 0.3) is 6.08 Å². The molecule has 0 bridgehead atoms. The monoisotopic (exact) mass is 525 g/mol. The Balaban J connectivity index is 2.43. The van der Waals surface area contributed by atoms with Crippen molar-refractivity contribution in [3.8, 4) is 0 Å². The first-order chi connectivity index (χ1) is 16.2. The van der Waals surface area contributed by atoms with Gasteiger partial charge in [-0.2, -0.15) is 0 Å². The predicted octanol–water partition coefficient (Wildman–Crippen LogP) is 4.39. The molecule has 0 radical (unpaired) electrons. The maximum Gasteiger partial charge on any atom is 0.309 e. The second-order valence-corrected chi connectivity index (χ2v) is 13.9. The van der Waals surface area contributed by atoms with Crippen molar-refractivity contribution in [3.05, 3.63) is 45.5 Å². The number of thiazole rings is 1. The third-order valence-corrected chi connectivity index (χ3v) is 10.5. The van der Waals surface area contributed by atoms with Gasteiger partial charge in [0.25, 0.3) is 0 Å². The Morgan fingerprint density at radius 2 is 1.91 bits per heavy atom. The molecule has 9 heteroatoms. The molecule has 0 fully saturated rings. The zero-order valence-electron chi connectivity index (χ0n) is 21.7. The number of aliphatic hydroxyl groups excluding tert-OH is 2.